The van der Waals surface area contributed by atoms with E-state index >= 15 is 0 Å². The van der Waals surface area contributed by atoms with Gasteiger partial charge in [0.15, 0.2) is 0 Å². The molecule has 0 atom stereocenters. The third-order valence-corrected chi connectivity index (χ3v) is 11.6. The van der Waals surface area contributed by atoms with E-state index in [1.807, 2.05) is 0 Å². The SMILES string of the molecule is CCCCO[C](=O)[SnH]([CH2]CCC)[CH2]CCC. The Kier molecular flexibility index (Phi) is 11.9. The second-order valence-electron chi connectivity index (χ2n) is 4.50. The summed E-state index contributed by atoms with van der Waals surface area (Å²) >= 11 is -1.99. The molecule has 0 aromatic carbocycles. The molecule has 16 heavy (non-hydrogen) atoms. The Morgan fingerprint density at radius 2 is 1.44 bits per heavy atom. The molecule has 0 amide bonds. The molecule has 0 aromatic heterocycles. The Labute approximate surface area is 108 Å². The molecule has 0 saturated carbocycles. The minimum atomic E-state index is -1.99. The summed E-state index contributed by atoms with van der Waals surface area (Å²) in [6.07, 6.45) is 7.01. The van der Waals surface area contributed by atoms with Crippen LogP contribution in [0.5, 0.6) is 0 Å². The molecule has 0 rings (SSSR count). The van der Waals surface area contributed by atoms with Crippen LogP contribution in [0.25, 0.3) is 0 Å². The summed E-state index contributed by atoms with van der Waals surface area (Å²) in [5.74, 6) is 0. The third-order valence-electron chi connectivity index (χ3n) is 2.89. The van der Waals surface area contributed by atoms with Crippen LogP contribution in [-0.2, 0) is 4.74 Å². The van der Waals surface area contributed by atoms with Crippen molar-refractivity contribution in [2.75, 3.05) is 6.61 Å². The van der Waals surface area contributed by atoms with Crippen LogP contribution in [0.2, 0.25) is 8.87 Å². The van der Waals surface area contributed by atoms with E-state index in [9.17, 15) is 4.79 Å². The molecule has 0 spiro atoms. The molecule has 0 unspecified atom stereocenters. The second-order valence-corrected chi connectivity index (χ2v) is 13.1. The van der Waals surface area contributed by atoms with Crippen LogP contribution < -0.4 is 0 Å². The molecular formula is C13H28O2Sn. The molecule has 0 aliphatic heterocycles. The van der Waals surface area contributed by atoms with Gasteiger partial charge in [0, 0.05) is 0 Å². The Hall–Kier alpha value is 0.269. The van der Waals surface area contributed by atoms with Crippen molar-refractivity contribution < 1.29 is 9.53 Å². The Balaban J connectivity index is 3.88. The summed E-state index contributed by atoms with van der Waals surface area (Å²) in [7, 11) is 0. The van der Waals surface area contributed by atoms with Crippen molar-refractivity contribution in [1.82, 2.24) is 0 Å². The van der Waals surface area contributed by atoms with Crippen LogP contribution in [0.3, 0.4) is 0 Å². The fraction of sp³-hybridized carbons (Fsp3) is 0.923. The molecule has 0 aliphatic carbocycles. The monoisotopic (exact) mass is 336 g/mol. The first-order chi connectivity index (χ1) is 7.76. The van der Waals surface area contributed by atoms with Crippen LogP contribution in [0.15, 0.2) is 0 Å². The van der Waals surface area contributed by atoms with Gasteiger partial charge >= 0.3 is 108 Å². The van der Waals surface area contributed by atoms with Crippen molar-refractivity contribution >= 4 is 23.7 Å². The molecule has 0 saturated heterocycles. The molecule has 0 N–H and O–H groups in total. The first kappa shape index (κ1) is 16.3. The summed E-state index contributed by atoms with van der Waals surface area (Å²) in [6, 6.07) is 0. The molecule has 0 radical (unpaired) electrons. The van der Waals surface area contributed by atoms with Crippen LogP contribution in [0.4, 0.5) is 4.79 Å². The van der Waals surface area contributed by atoms with Crippen LogP contribution in [0, 0.1) is 0 Å². The van der Waals surface area contributed by atoms with E-state index < -0.39 is 19.8 Å². The van der Waals surface area contributed by atoms with Gasteiger partial charge in [0.25, 0.3) is 0 Å². The molecule has 0 fully saturated rings. The number of rotatable bonds is 10. The van der Waals surface area contributed by atoms with Gasteiger partial charge in [0.05, 0.1) is 0 Å². The van der Waals surface area contributed by atoms with E-state index in [4.69, 9.17) is 4.74 Å². The summed E-state index contributed by atoms with van der Waals surface area (Å²) in [6.45, 7) is 7.18. The average molecular weight is 335 g/mol. The van der Waals surface area contributed by atoms with Crippen molar-refractivity contribution in [2.45, 2.75) is 68.2 Å². The molecule has 96 valence electrons. The first-order valence-corrected chi connectivity index (χ1v) is 13.2. The fourth-order valence-electron chi connectivity index (χ4n) is 1.72. The van der Waals surface area contributed by atoms with Crippen molar-refractivity contribution in [3.63, 3.8) is 0 Å². The van der Waals surface area contributed by atoms with E-state index in [1.165, 1.54) is 34.6 Å². The van der Waals surface area contributed by atoms with E-state index in [0.717, 1.165) is 12.8 Å². The zero-order valence-electron chi connectivity index (χ0n) is 11.3. The standard InChI is InChI=1S/C5H9O2.2C4H9.Sn.H/c1-2-3-4-7-5-6;2*1-3-4-2;;/h2-4H2,1H3;2*1,3-4H2,2H3;;. The topological polar surface area (TPSA) is 26.3 Å². The van der Waals surface area contributed by atoms with E-state index in [2.05, 4.69) is 20.8 Å². The van der Waals surface area contributed by atoms with Crippen molar-refractivity contribution in [3.05, 3.63) is 0 Å². The number of carbonyl (C=O) groups excluding carboxylic acids is 1. The van der Waals surface area contributed by atoms with Gasteiger partial charge < -0.3 is 0 Å². The number of hydrogen-bond acceptors (Lipinski definition) is 2. The van der Waals surface area contributed by atoms with E-state index in [-0.39, 0.29) is 3.99 Å². The maximum atomic E-state index is 11.9. The normalized spacial score (nSPS) is 10.8. The van der Waals surface area contributed by atoms with Gasteiger partial charge in [0.1, 0.15) is 0 Å². The summed E-state index contributed by atoms with van der Waals surface area (Å²) in [5, 5.41) is 0. The average Bonchev–Trinajstić information content (AvgIpc) is 2.29. The molecule has 0 bridgehead atoms. The second kappa shape index (κ2) is 11.7. The Bertz CT molecular complexity index is 163. The quantitative estimate of drug-likeness (QED) is 0.439. The molecule has 2 nitrogen and oxygen atoms in total. The van der Waals surface area contributed by atoms with Gasteiger partial charge in [-0.3, -0.25) is 0 Å². The van der Waals surface area contributed by atoms with Crippen molar-refractivity contribution in [1.29, 1.82) is 0 Å². The minimum absolute atomic E-state index is 0.247. The molecule has 3 heteroatoms. The maximum absolute atomic E-state index is 11.9. The fourth-order valence-corrected chi connectivity index (χ4v) is 10.0. The number of unbranched alkanes of at least 4 members (excludes halogenated alkanes) is 3. The van der Waals surface area contributed by atoms with Gasteiger partial charge in [-0.05, 0) is 0 Å². The molecule has 0 heterocycles. The molecular weight excluding hydrogens is 307 g/mol. The van der Waals surface area contributed by atoms with Crippen molar-refractivity contribution in [3.8, 4) is 0 Å². The van der Waals surface area contributed by atoms with Gasteiger partial charge in [-0.15, -0.1) is 0 Å². The predicted molar refractivity (Wildman–Crippen MR) is 72.8 cm³/mol. The van der Waals surface area contributed by atoms with E-state index in [1.54, 1.807) is 0 Å². The summed E-state index contributed by atoms with van der Waals surface area (Å²) in [4.78, 5) is 11.9. The first-order valence-electron chi connectivity index (χ1n) is 6.92. The van der Waals surface area contributed by atoms with Gasteiger partial charge in [0.2, 0.25) is 0 Å². The summed E-state index contributed by atoms with van der Waals surface area (Å²) in [5.41, 5.74) is 0. The zero-order chi connectivity index (χ0) is 12.2. The van der Waals surface area contributed by atoms with Crippen LogP contribution >= 0.6 is 0 Å². The number of carbonyl (C=O) groups is 1. The van der Waals surface area contributed by atoms with Crippen LogP contribution in [-0.4, -0.2) is 30.4 Å². The third kappa shape index (κ3) is 8.42. The molecule has 0 aliphatic rings. The Morgan fingerprint density at radius 1 is 0.938 bits per heavy atom. The van der Waals surface area contributed by atoms with E-state index in [0.29, 0.717) is 6.61 Å². The van der Waals surface area contributed by atoms with Crippen LogP contribution in [0.1, 0.15) is 59.3 Å². The number of ether oxygens (including phenoxy) is 1. The molecule has 0 aromatic rings. The number of hydrogen-bond donors (Lipinski definition) is 0. The summed E-state index contributed by atoms with van der Waals surface area (Å²) < 4.78 is 8.06. The van der Waals surface area contributed by atoms with Gasteiger partial charge in [-0.1, -0.05) is 0 Å². The Morgan fingerprint density at radius 3 is 1.88 bits per heavy atom. The predicted octanol–water partition coefficient (Wildman–Crippen LogP) is 4.33. The van der Waals surface area contributed by atoms with Gasteiger partial charge in [-0.2, -0.15) is 0 Å². The zero-order valence-corrected chi connectivity index (χ0v) is 14.6. The van der Waals surface area contributed by atoms with Gasteiger partial charge in [-0.25, -0.2) is 0 Å². The van der Waals surface area contributed by atoms with Crippen molar-refractivity contribution in [2.24, 2.45) is 0 Å².